The number of aliphatic hydroxyl groups excluding tert-OH is 1. The highest BCUT2D eigenvalue weighted by molar-refractivity contribution is 5.96. The van der Waals surface area contributed by atoms with Gasteiger partial charge in [-0.05, 0) is 11.6 Å². The standard InChI is InChI=1S/C11H13NO2/c12-8-11(14)10(13)7-6-9-4-2-1-3-5-9/h1-7,11,14H,8,12H2. The molecular formula is C11H13NO2. The monoisotopic (exact) mass is 191 g/mol. The molecule has 0 heterocycles. The summed E-state index contributed by atoms with van der Waals surface area (Å²) >= 11 is 0. The van der Waals surface area contributed by atoms with Gasteiger partial charge < -0.3 is 10.8 Å². The number of carbonyl (C=O) groups excluding carboxylic acids is 1. The van der Waals surface area contributed by atoms with E-state index in [2.05, 4.69) is 0 Å². The second kappa shape index (κ2) is 5.32. The SMILES string of the molecule is NCC(O)C(=O)C=Cc1ccccc1. The molecule has 0 saturated carbocycles. The molecule has 74 valence electrons. The number of rotatable bonds is 4. The quantitative estimate of drug-likeness (QED) is 0.684. The summed E-state index contributed by atoms with van der Waals surface area (Å²) in [5, 5.41) is 9.08. The van der Waals surface area contributed by atoms with Crippen molar-refractivity contribution in [2.45, 2.75) is 6.10 Å². The van der Waals surface area contributed by atoms with Crippen molar-refractivity contribution in [3.05, 3.63) is 42.0 Å². The fraction of sp³-hybridized carbons (Fsp3) is 0.182. The molecule has 3 heteroatoms. The van der Waals surface area contributed by atoms with Gasteiger partial charge in [0.2, 0.25) is 0 Å². The lowest BCUT2D eigenvalue weighted by Gasteiger charge is -2.00. The Labute approximate surface area is 82.9 Å². The molecule has 0 radical (unpaired) electrons. The third-order valence-corrected chi connectivity index (χ3v) is 1.79. The molecule has 0 bridgehead atoms. The fourth-order valence-corrected chi connectivity index (χ4v) is 0.970. The van der Waals surface area contributed by atoms with E-state index in [1.54, 1.807) is 6.08 Å². The van der Waals surface area contributed by atoms with Crippen molar-refractivity contribution in [3.63, 3.8) is 0 Å². The van der Waals surface area contributed by atoms with Crippen LogP contribution in [0, 0.1) is 0 Å². The lowest BCUT2D eigenvalue weighted by Crippen LogP contribution is -2.27. The number of ketones is 1. The van der Waals surface area contributed by atoms with Gasteiger partial charge in [0.25, 0.3) is 0 Å². The van der Waals surface area contributed by atoms with E-state index in [-0.39, 0.29) is 12.3 Å². The molecule has 0 fully saturated rings. The highest BCUT2D eigenvalue weighted by Crippen LogP contribution is 2.01. The van der Waals surface area contributed by atoms with E-state index in [0.717, 1.165) is 5.56 Å². The van der Waals surface area contributed by atoms with Crippen LogP contribution in [0.1, 0.15) is 5.56 Å². The molecule has 1 aromatic rings. The van der Waals surface area contributed by atoms with Crippen molar-refractivity contribution in [3.8, 4) is 0 Å². The number of carbonyl (C=O) groups is 1. The van der Waals surface area contributed by atoms with Gasteiger partial charge in [0.15, 0.2) is 5.78 Å². The molecule has 3 nitrogen and oxygen atoms in total. The maximum Gasteiger partial charge on any atom is 0.185 e. The van der Waals surface area contributed by atoms with E-state index in [0.29, 0.717) is 0 Å². The molecule has 0 aliphatic heterocycles. The molecule has 14 heavy (non-hydrogen) atoms. The van der Waals surface area contributed by atoms with E-state index < -0.39 is 6.10 Å². The van der Waals surface area contributed by atoms with Crippen LogP contribution in [-0.2, 0) is 4.79 Å². The third kappa shape index (κ3) is 3.12. The van der Waals surface area contributed by atoms with Crippen molar-refractivity contribution < 1.29 is 9.90 Å². The zero-order valence-electron chi connectivity index (χ0n) is 7.76. The van der Waals surface area contributed by atoms with E-state index in [4.69, 9.17) is 10.8 Å². The van der Waals surface area contributed by atoms with Crippen LogP contribution in [0.4, 0.5) is 0 Å². The minimum absolute atomic E-state index is 0.0437. The van der Waals surface area contributed by atoms with Crippen LogP contribution in [0.3, 0.4) is 0 Å². The summed E-state index contributed by atoms with van der Waals surface area (Å²) in [4.78, 5) is 11.1. The first kappa shape index (κ1) is 10.6. The number of benzene rings is 1. The summed E-state index contributed by atoms with van der Waals surface area (Å²) in [6, 6.07) is 9.40. The molecule has 0 spiro atoms. The van der Waals surface area contributed by atoms with Crippen molar-refractivity contribution >= 4 is 11.9 Å². The molecule has 0 aliphatic rings. The Balaban J connectivity index is 2.61. The van der Waals surface area contributed by atoms with Gasteiger partial charge in [-0.25, -0.2) is 0 Å². The summed E-state index contributed by atoms with van der Waals surface area (Å²) in [7, 11) is 0. The Morgan fingerprint density at radius 3 is 2.64 bits per heavy atom. The topological polar surface area (TPSA) is 63.3 Å². The highest BCUT2D eigenvalue weighted by atomic mass is 16.3. The predicted octanol–water partition coefficient (Wildman–Crippen LogP) is 0.588. The van der Waals surface area contributed by atoms with E-state index in [9.17, 15) is 4.79 Å². The lowest BCUT2D eigenvalue weighted by atomic mass is 10.1. The van der Waals surface area contributed by atoms with Crippen LogP contribution in [0.2, 0.25) is 0 Å². The Morgan fingerprint density at radius 2 is 2.07 bits per heavy atom. The molecule has 0 saturated heterocycles. The molecule has 0 aliphatic carbocycles. The fourth-order valence-electron chi connectivity index (χ4n) is 0.970. The molecule has 3 N–H and O–H groups in total. The molecule has 0 aromatic heterocycles. The summed E-state index contributed by atoms with van der Waals surface area (Å²) in [6.07, 6.45) is 1.91. The molecule has 1 unspecified atom stereocenters. The van der Waals surface area contributed by atoms with Crippen molar-refractivity contribution in [1.82, 2.24) is 0 Å². The van der Waals surface area contributed by atoms with Gasteiger partial charge in [-0.15, -0.1) is 0 Å². The van der Waals surface area contributed by atoms with Gasteiger partial charge in [0.05, 0.1) is 0 Å². The van der Waals surface area contributed by atoms with Crippen LogP contribution < -0.4 is 5.73 Å². The number of hydrogen-bond acceptors (Lipinski definition) is 3. The van der Waals surface area contributed by atoms with Gasteiger partial charge in [-0.2, -0.15) is 0 Å². The molecule has 1 rings (SSSR count). The zero-order chi connectivity index (χ0) is 10.4. The summed E-state index contributed by atoms with van der Waals surface area (Å²) in [5.74, 6) is -0.364. The molecular weight excluding hydrogens is 178 g/mol. The normalized spacial score (nSPS) is 13.0. The van der Waals surface area contributed by atoms with Crippen LogP contribution in [0.25, 0.3) is 6.08 Å². The minimum atomic E-state index is -1.09. The van der Waals surface area contributed by atoms with Gasteiger partial charge >= 0.3 is 0 Å². The van der Waals surface area contributed by atoms with Crippen molar-refractivity contribution in [2.24, 2.45) is 5.73 Å². The first-order valence-corrected chi connectivity index (χ1v) is 4.39. The first-order chi connectivity index (χ1) is 6.74. The van der Waals surface area contributed by atoms with Crippen LogP contribution >= 0.6 is 0 Å². The Hall–Kier alpha value is -1.45. The van der Waals surface area contributed by atoms with Gasteiger partial charge in [-0.1, -0.05) is 36.4 Å². The Bertz CT molecular complexity index is 319. The molecule has 0 amide bonds. The predicted molar refractivity (Wildman–Crippen MR) is 55.5 cm³/mol. The first-order valence-electron chi connectivity index (χ1n) is 4.39. The maximum absolute atomic E-state index is 11.1. The minimum Gasteiger partial charge on any atom is -0.384 e. The maximum atomic E-state index is 11.1. The Morgan fingerprint density at radius 1 is 1.43 bits per heavy atom. The second-order valence-corrected chi connectivity index (χ2v) is 2.90. The average Bonchev–Trinajstić information content (AvgIpc) is 2.26. The van der Waals surface area contributed by atoms with E-state index >= 15 is 0 Å². The smallest absolute Gasteiger partial charge is 0.185 e. The number of aliphatic hydroxyl groups is 1. The zero-order valence-corrected chi connectivity index (χ0v) is 7.76. The van der Waals surface area contributed by atoms with Crippen LogP contribution in [0.15, 0.2) is 36.4 Å². The van der Waals surface area contributed by atoms with Crippen molar-refractivity contribution in [1.29, 1.82) is 0 Å². The highest BCUT2D eigenvalue weighted by Gasteiger charge is 2.07. The van der Waals surface area contributed by atoms with Gasteiger partial charge in [0, 0.05) is 6.54 Å². The second-order valence-electron chi connectivity index (χ2n) is 2.90. The molecule has 1 atom stereocenters. The lowest BCUT2D eigenvalue weighted by molar-refractivity contribution is -0.121. The third-order valence-electron chi connectivity index (χ3n) is 1.79. The number of hydrogen-bond donors (Lipinski definition) is 2. The largest absolute Gasteiger partial charge is 0.384 e. The van der Waals surface area contributed by atoms with Crippen LogP contribution in [-0.4, -0.2) is 23.5 Å². The van der Waals surface area contributed by atoms with Crippen molar-refractivity contribution in [2.75, 3.05) is 6.54 Å². The number of nitrogens with two attached hydrogens (primary N) is 1. The summed E-state index contributed by atoms with van der Waals surface area (Å²) in [6.45, 7) is -0.0437. The van der Waals surface area contributed by atoms with Gasteiger partial charge in [0.1, 0.15) is 6.10 Å². The van der Waals surface area contributed by atoms with E-state index in [1.807, 2.05) is 30.3 Å². The van der Waals surface area contributed by atoms with E-state index in [1.165, 1.54) is 6.08 Å². The molecule has 1 aromatic carbocycles. The summed E-state index contributed by atoms with van der Waals surface area (Å²) < 4.78 is 0. The Kier molecular flexibility index (Phi) is 4.04. The van der Waals surface area contributed by atoms with Crippen LogP contribution in [0.5, 0.6) is 0 Å². The summed E-state index contributed by atoms with van der Waals surface area (Å²) in [5.41, 5.74) is 6.06. The average molecular weight is 191 g/mol. The van der Waals surface area contributed by atoms with Gasteiger partial charge in [-0.3, -0.25) is 4.79 Å².